The summed E-state index contributed by atoms with van der Waals surface area (Å²) in [6, 6.07) is 7.90. The quantitative estimate of drug-likeness (QED) is 0.213. The second-order valence-electron chi connectivity index (χ2n) is 8.21. The lowest BCUT2D eigenvalue weighted by atomic mass is 10.1. The van der Waals surface area contributed by atoms with E-state index >= 15 is 0 Å². The molecule has 0 bridgehead atoms. The van der Waals surface area contributed by atoms with Gasteiger partial charge in [-0.25, -0.2) is 5.43 Å². The Labute approximate surface area is 230 Å². The maximum atomic E-state index is 13.3. The number of nitrogens with one attached hydrogen (secondary N) is 3. The summed E-state index contributed by atoms with van der Waals surface area (Å²) in [5.74, 6) is -2.20. The molecular formula is C25H26BrF3N4O6. The Morgan fingerprint density at radius 1 is 1.13 bits per heavy atom. The molecule has 0 unspecified atom stereocenters. The second kappa shape index (κ2) is 13.9. The van der Waals surface area contributed by atoms with Crippen molar-refractivity contribution in [1.82, 2.24) is 10.7 Å². The van der Waals surface area contributed by atoms with Gasteiger partial charge < -0.3 is 24.8 Å². The minimum atomic E-state index is -4.67. The molecule has 2 aromatic rings. The number of hydrazone groups is 1. The fourth-order valence-electron chi connectivity index (χ4n) is 3.49. The number of ether oxygens (including phenoxy) is 3. The van der Waals surface area contributed by atoms with Crippen LogP contribution in [-0.2, 0) is 25.3 Å². The van der Waals surface area contributed by atoms with Gasteiger partial charge in [0.15, 0.2) is 18.1 Å². The van der Waals surface area contributed by atoms with Crippen molar-refractivity contribution in [3.8, 4) is 11.5 Å². The lowest BCUT2D eigenvalue weighted by Crippen LogP contribution is -2.41. The molecule has 0 spiro atoms. The number of hydrogen-bond acceptors (Lipinski definition) is 7. The Morgan fingerprint density at radius 3 is 2.62 bits per heavy atom. The highest BCUT2D eigenvalue weighted by Crippen LogP contribution is 2.36. The van der Waals surface area contributed by atoms with Crippen LogP contribution >= 0.6 is 15.9 Å². The third-order valence-electron chi connectivity index (χ3n) is 5.29. The third kappa shape index (κ3) is 9.25. The van der Waals surface area contributed by atoms with E-state index in [1.54, 1.807) is 13.0 Å². The van der Waals surface area contributed by atoms with Crippen LogP contribution in [0, 0.1) is 0 Å². The highest BCUT2D eigenvalue weighted by atomic mass is 79.9. The van der Waals surface area contributed by atoms with Crippen molar-refractivity contribution in [1.29, 1.82) is 0 Å². The van der Waals surface area contributed by atoms with Crippen LogP contribution in [0.1, 0.15) is 30.9 Å². The summed E-state index contributed by atoms with van der Waals surface area (Å²) < 4.78 is 56.4. The van der Waals surface area contributed by atoms with E-state index in [-0.39, 0.29) is 35.2 Å². The summed E-state index contributed by atoms with van der Waals surface area (Å²) in [6.45, 7) is 2.25. The molecule has 1 heterocycles. The molecule has 0 radical (unpaired) electrons. The predicted molar refractivity (Wildman–Crippen MR) is 139 cm³/mol. The molecule has 210 valence electrons. The zero-order valence-corrected chi connectivity index (χ0v) is 22.4. The van der Waals surface area contributed by atoms with Crippen LogP contribution in [0.2, 0.25) is 0 Å². The maximum Gasteiger partial charge on any atom is 0.418 e. The highest BCUT2D eigenvalue weighted by molar-refractivity contribution is 9.10. The van der Waals surface area contributed by atoms with Gasteiger partial charge in [0.1, 0.15) is 0 Å². The van der Waals surface area contributed by atoms with Crippen LogP contribution in [0.15, 0.2) is 46.0 Å². The average Bonchev–Trinajstić information content (AvgIpc) is 3.41. The van der Waals surface area contributed by atoms with E-state index in [0.717, 1.165) is 25.0 Å². The molecule has 3 N–H and O–H groups in total. The minimum absolute atomic E-state index is 0.104. The van der Waals surface area contributed by atoms with Crippen molar-refractivity contribution in [2.24, 2.45) is 5.10 Å². The fourth-order valence-corrected chi connectivity index (χ4v) is 3.85. The number of nitrogens with zero attached hydrogens (tertiary/aromatic N) is 1. The van der Waals surface area contributed by atoms with Crippen LogP contribution in [0.3, 0.4) is 0 Å². The largest absolute Gasteiger partial charge is 0.490 e. The zero-order valence-electron chi connectivity index (χ0n) is 20.8. The maximum absolute atomic E-state index is 13.3. The van der Waals surface area contributed by atoms with Crippen molar-refractivity contribution in [2.45, 2.75) is 32.0 Å². The first kappa shape index (κ1) is 29.9. The van der Waals surface area contributed by atoms with Crippen molar-refractivity contribution in [2.75, 3.05) is 31.7 Å². The number of amides is 3. The predicted octanol–water partition coefficient (Wildman–Crippen LogP) is 3.63. The molecule has 0 aliphatic carbocycles. The Balaban J connectivity index is 1.56. The lowest BCUT2D eigenvalue weighted by Gasteiger charge is -2.15. The van der Waals surface area contributed by atoms with E-state index in [2.05, 4.69) is 37.1 Å². The molecule has 1 atom stereocenters. The summed E-state index contributed by atoms with van der Waals surface area (Å²) >= 11 is 2.99. The molecule has 3 amide bonds. The monoisotopic (exact) mass is 614 g/mol. The summed E-state index contributed by atoms with van der Waals surface area (Å²) in [7, 11) is 0. The van der Waals surface area contributed by atoms with Gasteiger partial charge in [-0.3, -0.25) is 14.4 Å². The molecule has 2 aromatic carbocycles. The number of halogens is 4. The van der Waals surface area contributed by atoms with Crippen molar-refractivity contribution in [3.05, 3.63) is 52.0 Å². The number of benzene rings is 2. The fraction of sp³-hybridized carbons (Fsp3) is 0.360. The number of alkyl halides is 3. The first-order chi connectivity index (χ1) is 18.6. The molecule has 1 aliphatic rings. The first-order valence-corrected chi connectivity index (χ1v) is 12.6. The molecule has 1 fully saturated rings. The Bertz CT molecular complexity index is 1220. The Kier molecular flexibility index (Phi) is 10.7. The molecule has 10 nitrogen and oxygen atoms in total. The number of anilines is 1. The van der Waals surface area contributed by atoms with E-state index in [1.165, 1.54) is 24.4 Å². The Hall–Kier alpha value is -3.65. The summed E-state index contributed by atoms with van der Waals surface area (Å²) in [5, 5.41) is 8.44. The number of hydrogen-bond donors (Lipinski definition) is 3. The number of rotatable bonds is 10. The van der Waals surface area contributed by atoms with Gasteiger partial charge in [0.2, 0.25) is 0 Å². The van der Waals surface area contributed by atoms with E-state index in [1.807, 2.05) is 0 Å². The van der Waals surface area contributed by atoms with Gasteiger partial charge in [-0.2, -0.15) is 18.3 Å². The topological polar surface area (TPSA) is 127 Å². The SMILES string of the molecule is CCOc1cc(/C=N\NC(=O)C(=O)NC[C@H]2CCCO2)ccc1OCC(=O)Nc1ccc(Br)cc1C(F)(F)F. The van der Waals surface area contributed by atoms with Gasteiger partial charge in [0.25, 0.3) is 5.91 Å². The van der Waals surface area contributed by atoms with Gasteiger partial charge in [0, 0.05) is 17.6 Å². The van der Waals surface area contributed by atoms with Gasteiger partial charge in [-0.05, 0) is 61.7 Å². The molecule has 39 heavy (non-hydrogen) atoms. The van der Waals surface area contributed by atoms with Crippen molar-refractivity contribution >= 4 is 45.6 Å². The van der Waals surface area contributed by atoms with Crippen LogP contribution in [-0.4, -0.2) is 56.4 Å². The molecule has 14 heteroatoms. The zero-order chi connectivity index (χ0) is 28.4. The number of carbonyl (C=O) groups is 3. The molecular weight excluding hydrogens is 589 g/mol. The van der Waals surface area contributed by atoms with E-state index in [9.17, 15) is 27.6 Å². The average molecular weight is 615 g/mol. The van der Waals surface area contributed by atoms with Crippen LogP contribution in [0.5, 0.6) is 11.5 Å². The van der Waals surface area contributed by atoms with Gasteiger partial charge in [-0.1, -0.05) is 15.9 Å². The van der Waals surface area contributed by atoms with Gasteiger partial charge >= 0.3 is 18.0 Å². The normalized spacial score (nSPS) is 15.2. The minimum Gasteiger partial charge on any atom is -0.490 e. The summed E-state index contributed by atoms with van der Waals surface area (Å²) in [4.78, 5) is 36.1. The molecule has 3 rings (SSSR count). The van der Waals surface area contributed by atoms with Gasteiger partial charge in [0.05, 0.1) is 30.2 Å². The smallest absolute Gasteiger partial charge is 0.418 e. The lowest BCUT2D eigenvalue weighted by molar-refractivity contribution is -0.139. The first-order valence-electron chi connectivity index (χ1n) is 11.9. The van der Waals surface area contributed by atoms with Gasteiger partial charge in [-0.15, -0.1) is 0 Å². The molecule has 1 aliphatic heterocycles. The summed E-state index contributed by atoms with van der Waals surface area (Å²) in [6.07, 6.45) is -1.77. The molecule has 0 aromatic heterocycles. The highest BCUT2D eigenvalue weighted by Gasteiger charge is 2.34. The molecule has 0 saturated carbocycles. The van der Waals surface area contributed by atoms with Crippen LogP contribution < -0.4 is 25.5 Å². The van der Waals surface area contributed by atoms with Crippen LogP contribution in [0.25, 0.3) is 0 Å². The Morgan fingerprint density at radius 2 is 1.92 bits per heavy atom. The summed E-state index contributed by atoms with van der Waals surface area (Å²) in [5.41, 5.74) is 1.19. The second-order valence-corrected chi connectivity index (χ2v) is 9.12. The van der Waals surface area contributed by atoms with E-state index in [0.29, 0.717) is 12.2 Å². The third-order valence-corrected chi connectivity index (χ3v) is 5.78. The van der Waals surface area contributed by atoms with Crippen molar-refractivity contribution in [3.63, 3.8) is 0 Å². The van der Waals surface area contributed by atoms with E-state index < -0.39 is 41.8 Å². The van der Waals surface area contributed by atoms with Crippen molar-refractivity contribution < 1.29 is 41.8 Å². The van der Waals surface area contributed by atoms with E-state index in [4.69, 9.17) is 14.2 Å². The molecule has 1 saturated heterocycles. The van der Waals surface area contributed by atoms with Crippen LogP contribution in [0.4, 0.5) is 18.9 Å². The standard InChI is InChI=1S/C25H26BrF3N4O6/c1-2-37-21-10-15(12-31-33-24(36)23(35)30-13-17-4-3-9-38-17)5-8-20(21)39-14-22(34)32-19-7-6-16(26)11-18(19)25(27,28)29/h5-8,10-12,17H,2-4,9,13-14H2,1H3,(H,30,35)(H,32,34)(H,33,36)/b31-12-/t17-/m1/s1. The number of carbonyl (C=O) groups excluding carboxylic acids is 3.